The van der Waals surface area contributed by atoms with Crippen LogP contribution in [0.5, 0.6) is 0 Å². The van der Waals surface area contributed by atoms with Crippen molar-refractivity contribution in [1.82, 2.24) is 4.72 Å². The Morgan fingerprint density at radius 3 is 2.55 bits per heavy atom. The van der Waals surface area contributed by atoms with Gasteiger partial charge in [0.05, 0.1) is 11.5 Å². The van der Waals surface area contributed by atoms with Crippen molar-refractivity contribution in [3.8, 4) is 0 Å². The summed E-state index contributed by atoms with van der Waals surface area (Å²) < 4.78 is 31.9. The zero-order chi connectivity index (χ0) is 21.0. The summed E-state index contributed by atoms with van der Waals surface area (Å²) in [6.45, 7) is 5.47. The second kappa shape index (κ2) is 9.07. The first-order valence-electron chi connectivity index (χ1n) is 9.87. The van der Waals surface area contributed by atoms with Crippen LogP contribution in [0, 0.1) is 0 Å². The lowest BCUT2D eigenvalue weighted by molar-refractivity contribution is 0.0985. The molecular weight excluding hydrogens is 388 g/mol. The Balaban J connectivity index is 1.80. The van der Waals surface area contributed by atoms with E-state index in [-0.39, 0.29) is 17.3 Å². The number of ether oxygens (including phenoxy) is 1. The number of hydrogen-bond donors (Lipinski definition) is 1. The Kier molecular flexibility index (Phi) is 6.72. The molecule has 3 rings (SSSR count). The molecule has 1 heterocycles. The molecule has 1 aliphatic rings. The van der Waals surface area contributed by atoms with Gasteiger partial charge in [-0.3, -0.25) is 4.79 Å². The van der Waals surface area contributed by atoms with Gasteiger partial charge < -0.3 is 9.64 Å². The Labute approximate surface area is 172 Å². The monoisotopic (exact) mass is 416 g/mol. The van der Waals surface area contributed by atoms with E-state index in [0.717, 1.165) is 18.5 Å². The molecule has 7 heteroatoms. The number of aryl methyl sites for hydroxylation is 1. The van der Waals surface area contributed by atoms with Gasteiger partial charge in [-0.05, 0) is 60.2 Å². The number of amides is 1. The van der Waals surface area contributed by atoms with E-state index in [9.17, 15) is 13.2 Å². The Morgan fingerprint density at radius 2 is 1.90 bits per heavy atom. The summed E-state index contributed by atoms with van der Waals surface area (Å²) >= 11 is 0. The molecule has 0 aromatic heterocycles. The van der Waals surface area contributed by atoms with Gasteiger partial charge in [0.15, 0.2) is 0 Å². The molecule has 1 aliphatic heterocycles. The lowest BCUT2D eigenvalue weighted by Crippen LogP contribution is -2.35. The number of carbonyl (C=O) groups excluding carboxylic acids is 1. The summed E-state index contributed by atoms with van der Waals surface area (Å²) in [5.41, 5.74) is 3.89. The van der Waals surface area contributed by atoms with E-state index < -0.39 is 10.0 Å². The van der Waals surface area contributed by atoms with Crippen LogP contribution in [-0.4, -0.2) is 41.1 Å². The van der Waals surface area contributed by atoms with Crippen LogP contribution in [0.1, 0.15) is 47.7 Å². The Morgan fingerprint density at radius 1 is 1.17 bits per heavy atom. The first-order valence-corrected chi connectivity index (χ1v) is 11.3. The molecule has 1 amide bonds. The highest BCUT2D eigenvalue weighted by molar-refractivity contribution is 7.89. The number of benzene rings is 2. The number of rotatable bonds is 7. The largest absolute Gasteiger partial charge is 0.383 e. The van der Waals surface area contributed by atoms with Crippen LogP contribution in [-0.2, 0) is 21.2 Å². The van der Waals surface area contributed by atoms with Crippen LogP contribution in [0.15, 0.2) is 47.4 Å². The summed E-state index contributed by atoms with van der Waals surface area (Å²) in [7, 11) is -2.11. The van der Waals surface area contributed by atoms with E-state index in [0.29, 0.717) is 24.6 Å². The summed E-state index contributed by atoms with van der Waals surface area (Å²) in [4.78, 5) is 15.0. The van der Waals surface area contributed by atoms with Crippen molar-refractivity contribution < 1.29 is 17.9 Å². The fraction of sp³-hybridized carbons (Fsp3) is 0.409. The molecule has 0 saturated heterocycles. The molecule has 0 atom stereocenters. The Bertz CT molecular complexity index is 969. The summed E-state index contributed by atoms with van der Waals surface area (Å²) in [6.07, 6.45) is 1.88. The van der Waals surface area contributed by atoms with E-state index >= 15 is 0 Å². The van der Waals surface area contributed by atoms with Crippen LogP contribution in [0.25, 0.3) is 0 Å². The van der Waals surface area contributed by atoms with Crippen molar-refractivity contribution in [2.45, 2.75) is 37.5 Å². The van der Waals surface area contributed by atoms with Crippen LogP contribution in [0.3, 0.4) is 0 Å². The third kappa shape index (κ3) is 4.86. The number of fused-ring (bicyclic) bond motifs is 1. The highest BCUT2D eigenvalue weighted by atomic mass is 32.2. The molecule has 0 saturated carbocycles. The summed E-state index contributed by atoms with van der Waals surface area (Å²) in [5, 5.41) is 0. The maximum Gasteiger partial charge on any atom is 0.258 e. The molecule has 2 aromatic rings. The molecule has 29 heavy (non-hydrogen) atoms. The number of anilines is 1. The van der Waals surface area contributed by atoms with Gasteiger partial charge in [-0.15, -0.1) is 0 Å². The first kappa shape index (κ1) is 21.5. The predicted octanol–water partition coefficient (Wildman–Crippen LogP) is 3.33. The third-order valence-electron chi connectivity index (χ3n) is 5.14. The fourth-order valence-electron chi connectivity index (χ4n) is 3.48. The van der Waals surface area contributed by atoms with Gasteiger partial charge in [-0.1, -0.05) is 26.0 Å². The zero-order valence-electron chi connectivity index (χ0n) is 17.1. The number of sulfonamides is 1. The highest BCUT2D eigenvalue weighted by Gasteiger charge is 2.24. The second-order valence-corrected chi connectivity index (χ2v) is 9.29. The standard InChI is InChI=1S/C22H28N2O4S/c1-16(2)18-8-11-21-19(15-18)5-4-13-24(21)22(25)17-6-9-20(10-7-17)29(26,27)23-12-14-28-3/h6-11,15-16,23H,4-5,12-14H2,1-3H3. The van der Waals surface area contributed by atoms with Crippen molar-refractivity contribution in [1.29, 1.82) is 0 Å². The SMILES string of the molecule is COCCNS(=O)(=O)c1ccc(C(=O)N2CCCc3cc(C(C)C)ccc32)cc1. The van der Waals surface area contributed by atoms with Crippen molar-refractivity contribution in [3.63, 3.8) is 0 Å². The molecular formula is C22H28N2O4S. The highest BCUT2D eigenvalue weighted by Crippen LogP contribution is 2.31. The van der Waals surface area contributed by atoms with Crippen LogP contribution in [0.4, 0.5) is 5.69 Å². The maximum atomic E-state index is 13.1. The number of hydrogen-bond acceptors (Lipinski definition) is 4. The van der Waals surface area contributed by atoms with Gasteiger partial charge in [-0.2, -0.15) is 0 Å². The molecule has 6 nitrogen and oxygen atoms in total. The van der Waals surface area contributed by atoms with E-state index in [2.05, 4.69) is 30.7 Å². The molecule has 0 aliphatic carbocycles. The van der Waals surface area contributed by atoms with E-state index in [1.165, 1.54) is 30.4 Å². The van der Waals surface area contributed by atoms with Crippen molar-refractivity contribution in [2.24, 2.45) is 0 Å². The maximum absolute atomic E-state index is 13.1. The van der Waals surface area contributed by atoms with Gasteiger partial charge in [0.25, 0.3) is 5.91 Å². The zero-order valence-corrected chi connectivity index (χ0v) is 18.0. The van der Waals surface area contributed by atoms with Crippen molar-refractivity contribution in [2.75, 3.05) is 31.7 Å². The van der Waals surface area contributed by atoms with Gasteiger partial charge in [0.2, 0.25) is 10.0 Å². The van der Waals surface area contributed by atoms with Crippen LogP contribution < -0.4 is 9.62 Å². The van der Waals surface area contributed by atoms with Crippen LogP contribution >= 0.6 is 0 Å². The minimum absolute atomic E-state index is 0.112. The number of nitrogens with one attached hydrogen (secondary N) is 1. The summed E-state index contributed by atoms with van der Waals surface area (Å²) in [5.74, 6) is 0.331. The van der Waals surface area contributed by atoms with Gasteiger partial charge in [0.1, 0.15) is 0 Å². The molecule has 0 bridgehead atoms. The lowest BCUT2D eigenvalue weighted by atomic mass is 9.94. The minimum atomic E-state index is -3.62. The lowest BCUT2D eigenvalue weighted by Gasteiger charge is -2.30. The number of carbonyl (C=O) groups is 1. The number of methoxy groups -OCH3 is 1. The van der Waals surface area contributed by atoms with E-state index in [4.69, 9.17) is 4.74 Å². The van der Waals surface area contributed by atoms with Gasteiger partial charge in [-0.25, -0.2) is 13.1 Å². The molecule has 0 unspecified atom stereocenters. The van der Waals surface area contributed by atoms with Crippen molar-refractivity contribution >= 4 is 21.6 Å². The fourth-order valence-corrected chi connectivity index (χ4v) is 4.49. The predicted molar refractivity (Wildman–Crippen MR) is 114 cm³/mol. The van der Waals surface area contributed by atoms with Crippen LogP contribution in [0.2, 0.25) is 0 Å². The molecule has 1 N–H and O–H groups in total. The molecule has 0 spiro atoms. The topological polar surface area (TPSA) is 75.7 Å². The molecule has 156 valence electrons. The quantitative estimate of drug-likeness (QED) is 0.703. The molecule has 0 radical (unpaired) electrons. The normalized spacial score (nSPS) is 14.1. The summed E-state index contributed by atoms with van der Waals surface area (Å²) in [6, 6.07) is 12.4. The van der Waals surface area contributed by atoms with E-state index in [1.807, 2.05) is 6.07 Å². The molecule has 0 fully saturated rings. The minimum Gasteiger partial charge on any atom is -0.383 e. The average Bonchev–Trinajstić information content (AvgIpc) is 2.72. The number of nitrogens with zero attached hydrogens (tertiary/aromatic N) is 1. The van der Waals surface area contributed by atoms with Gasteiger partial charge >= 0.3 is 0 Å². The van der Waals surface area contributed by atoms with Gasteiger partial charge in [0, 0.05) is 31.5 Å². The third-order valence-corrected chi connectivity index (χ3v) is 6.62. The van der Waals surface area contributed by atoms with Crippen molar-refractivity contribution in [3.05, 3.63) is 59.2 Å². The average molecular weight is 417 g/mol. The molecule has 2 aromatic carbocycles. The smallest absolute Gasteiger partial charge is 0.258 e. The Hall–Kier alpha value is -2.22. The van der Waals surface area contributed by atoms with E-state index in [1.54, 1.807) is 17.0 Å². The second-order valence-electron chi connectivity index (χ2n) is 7.52. The first-order chi connectivity index (χ1) is 13.8.